The highest BCUT2D eigenvalue weighted by Crippen LogP contribution is 2.33. The van der Waals surface area contributed by atoms with E-state index in [4.69, 9.17) is 4.42 Å². The van der Waals surface area contributed by atoms with Crippen molar-refractivity contribution in [2.24, 2.45) is 0 Å². The van der Waals surface area contributed by atoms with Gasteiger partial charge in [0.05, 0.1) is 18.5 Å². The van der Waals surface area contributed by atoms with Gasteiger partial charge in [-0.05, 0) is 51.1 Å². The minimum absolute atomic E-state index is 0.0455. The van der Waals surface area contributed by atoms with Gasteiger partial charge in [0.1, 0.15) is 17.0 Å². The van der Waals surface area contributed by atoms with Crippen LogP contribution in [0.2, 0.25) is 0 Å². The summed E-state index contributed by atoms with van der Waals surface area (Å²) in [5, 5.41) is 3.31. The SMILES string of the molecule is CN1CCN(CCN2C(=O)c3ccc(-c4ccco4)n3C[C@@]2(C)C(=O)NC2CCCCC2)CC1. The number of nitrogens with one attached hydrogen (secondary N) is 1. The fraction of sp³-hybridized carbons (Fsp3) is 0.615. The highest BCUT2D eigenvalue weighted by Gasteiger charge is 2.48. The molecule has 0 aromatic carbocycles. The van der Waals surface area contributed by atoms with Crippen LogP contribution in [-0.4, -0.2) is 89.0 Å². The Balaban J connectivity index is 1.42. The predicted octanol–water partition coefficient (Wildman–Crippen LogP) is 2.66. The number of carbonyl (C=O) groups is 2. The number of aromatic nitrogens is 1. The van der Waals surface area contributed by atoms with Crippen LogP contribution in [0.4, 0.5) is 0 Å². The van der Waals surface area contributed by atoms with E-state index in [1.807, 2.05) is 40.7 Å². The molecule has 184 valence electrons. The summed E-state index contributed by atoms with van der Waals surface area (Å²) < 4.78 is 7.60. The Bertz CT molecular complexity index is 1000. The summed E-state index contributed by atoms with van der Waals surface area (Å²) >= 11 is 0. The maximum Gasteiger partial charge on any atom is 0.271 e. The zero-order valence-corrected chi connectivity index (χ0v) is 20.5. The summed E-state index contributed by atoms with van der Waals surface area (Å²) in [5.74, 6) is 0.579. The second-order valence-corrected chi connectivity index (χ2v) is 10.4. The van der Waals surface area contributed by atoms with E-state index in [-0.39, 0.29) is 17.9 Å². The molecule has 8 nitrogen and oxygen atoms in total. The van der Waals surface area contributed by atoms with Crippen LogP contribution in [0, 0.1) is 0 Å². The minimum Gasteiger partial charge on any atom is -0.463 e. The van der Waals surface area contributed by atoms with Crippen LogP contribution in [0.3, 0.4) is 0 Å². The summed E-state index contributed by atoms with van der Waals surface area (Å²) in [7, 11) is 2.14. The molecule has 34 heavy (non-hydrogen) atoms. The Morgan fingerprint density at radius 1 is 1.06 bits per heavy atom. The van der Waals surface area contributed by atoms with E-state index >= 15 is 0 Å². The Hall–Kier alpha value is -2.58. The third-order valence-electron chi connectivity index (χ3n) is 7.95. The van der Waals surface area contributed by atoms with E-state index in [1.54, 1.807) is 6.26 Å². The molecule has 0 spiro atoms. The van der Waals surface area contributed by atoms with Gasteiger partial charge in [-0.2, -0.15) is 0 Å². The molecule has 1 aliphatic carbocycles. The number of furan rings is 1. The average Bonchev–Trinajstić information content (AvgIpc) is 3.50. The summed E-state index contributed by atoms with van der Waals surface area (Å²) in [6, 6.07) is 7.73. The highest BCUT2D eigenvalue weighted by atomic mass is 16.3. The molecule has 2 fully saturated rings. The normalized spacial score (nSPS) is 24.9. The van der Waals surface area contributed by atoms with Crippen molar-refractivity contribution in [3.8, 4) is 11.5 Å². The van der Waals surface area contributed by atoms with Crippen LogP contribution in [0.5, 0.6) is 0 Å². The fourth-order valence-corrected chi connectivity index (χ4v) is 5.66. The second-order valence-electron chi connectivity index (χ2n) is 10.4. The van der Waals surface area contributed by atoms with Gasteiger partial charge in [-0.15, -0.1) is 0 Å². The van der Waals surface area contributed by atoms with E-state index in [9.17, 15) is 9.59 Å². The summed E-state index contributed by atoms with van der Waals surface area (Å²) in [4.78, 5) is 34.2. The molecule has 1 saturated heterocycles. The van der Waals surface area contributed by atoms with Crippen molar-refractivity contribution in [2.75, 3.05) is 46.3 Å². The van der Waals surface area contributed by atoms with Gasteiger partial charge in [0, 0.05) is 45.3 Å². The smallest absolute Gasteiger partial charge is 0.271 e. The first-order chi connectivity index (χ1) is 16.5. The van der Waals surface area contributed by atoms with Crippen molar-refractivity contribution >= 4 is 11.8 Å². The lowest BCUT2D eigenvalue weighted by molar-refractivity contribution is -0.134. The third-order valence-corrected chi connectivity index (χ3v) is 7.95. The van der Waals surface area contributed by atoms with Gasteiger partial charge in [0.25, 0.3) is 5.91 Å². The Kier molecular flexibility index (Phi) is 6.53. The van der Waals surface area contributed by atoms with Crippen molar-refractivity contribution in [3.05, 3.63) is 36.2 Å². The largest absolute Gasteiger partial charge is 0.463 e. The van der Waals surface area contributed by atoms with Gasteiger partial charge in [-0.25, -0.2) is 0 Å². The zero-order chi connectivity index (χ0) is 23.7. The van der Waals surface area contributed by atoms with Gasteiger partial charge in [-0.3, -0.25) is 14.5 Å². The first-order valence-electron chi connectivity index (χ1n) is 12.7. The molecule has 1 atom stereocenters. The van der Waals surface area contributed by atoms with Crippen molar-refractivity contribution in [3.63, 3.8) is 0 Å². The summed E-state index contributed by atoms with van der Waals surface area (Å²) in [6.45, 7) is 7.70. The maximum atomic E-state index is 13.8. The number of carbonyl (C=O) groups excluding carboxylic acids is 2. The van der Waals surface area contributed by atoms with Crippen LogP contribution in [0.1, 0.15) is 49.5 Å². The van der Waals surface area contributed by atoms with Gasteiger partial charge in [0.2, 0.25) is 5.91 Å². The molecule has 8 heteroatoms. The molecule has 4 heterocycles. The number of nitrogens with zero attached hydrogens (tertiary/aromatic N) is 4. The topological polar surface area (TPSA) is 74.0 Å². The van der Waals surface area contributed by atoms with Crippen molar-refractivity contribution in [2.45, 2.75) is 57.2 Å². The fourth-order valence-electron chi connectivity index (χ4n) is 5.66. The van der Waals surface area contributed by atoms with Crippen LogP contribution in [0.25, 0.3) is 11.5 Å². The molecule has 2 aliphatic heterocycles. The molecule has 0 unspecified atom stereocenters. The number of likely N-dealkylation sites (N-methyl/N-ethyl adjacent to an activating group) is 1. The minimum atomic E-state index is -0.964. The van der Waals surface area contributed by atoms with Crippen LogP contribution >= 0.6 is 0 Å². The van der Waals surface area contributed by atoms with E-state index in [0.717, 1.165) is 64.1 Å². The summed E-state index contributed by atoms with van der Waals surface area (Å²) in [5.41, 5.74) is 0.491. The molecule has 1 N–H and O–H groups in total. The number of rotatable bonds is 6. The molecule has 2 aromatic heterocycles. The van der Waals surface area contributed by atoms with E-state index in [1.165, 1.54) is 6.42 Å². The molecule has 0 bridgehead atoms. The first kappa shape index (κ1) is 23.2. The quantitative estimate of drug-likeness (QED) is 0.707. The average molecular weight is 468 g/mol. The molecular weight excluding hydrogens is 430 g/mol. The van der Waals surface area contributed by atoms with Crippen LogP contribution < -0.4 is 5.32 Å². The predicted molar refractivity (Wildman–Crippen MR) is 131 cm³/mol. The van der Waals surface area contributed by atoms with Gasteiger partial charge < -0.3 is 24.1 Å². The van der Waals surface area contributed by atoms with E-state index in [0.29, 0.717) is 24.5 Å². The number of hydrogen-bond acceptors (Lipinski definition) is 5. The number of piperazine rings is 1. The van der Waals surface area contributed by atoms with Gasteiger partial charge in [-0.1, -0.05) is 19.3 Å². The Labute approximate surface area is 201 Å². The zero-order valence-electron chi connectivity index (χ0n) is 20.5. The van der Waals surface area contributed by atoms with Crippen molar-refractivity contribution in [1.29, 1.82) is 0 Å². The van der Waals surface area contributed by atoms with Gasteiger partial charge in [0.15, 0.2) is 0 Å². The van der Waals surface area contributed by atoms with Crippen molar-refractivity contribution in [1.82, 2.24) is 24.6 Å². The van der Waals surface area contributed by atoms with E-state index < -0.39 is 5.54 Å². The number of amides is 2. The lowest BCUT2D eigenvalue weighted by atomic mass is 9.91. The Morgan fingerprint density at radius 3 is 2.50 bits per heavy atom. The second kappa shape index (κ2) is 9.58. The lowest BCUT2D eigenvalue weighted by Gasteiger charge is -2.46. The van der Waals surface area contributed by atoms with Crippen LogP contribution in [-0.2, 0) is 11.3 Å². The molecule has 2 amide bonds. The molecule has 1 saturated carbocycles. The lowest BCUT2D eigenvalue weighted by Crippen LogP contribution is -2.66. The molecular formula is C26H37N5O3. The number of fused-ring (bicyclic) bond motifs is 1. The van der Waals surface area contributed by atoms with E-state index in [2.05, 4.69) is 22.2 Å². The molecule has 0 radical (unpaired) electrons. The number of hydrogen-bond donors (Lipinski definition) is 1. The maximum absolute atomic E-state index is 13.8. The third kappa shape index (κ3) is 4.41. The monoisotopic (exact) mass is 467 g/mol. The van der Waals surface area contributed by atoms with Crippen molar-refractivity contribution < 1.29 is 14.0 Å². The highest BCUT2D eigenvalue weighted by molar-refractivity contribution is 6.00. The molecule has 2 aromatic rings. The first-order valence-corrected chi connectivity index (χ1v) is 12.7. The molecule has 3 aliphatic rings. The van der Waals surface area contributed by atoms with Gasteiger partial charge >= 0.3 is 0 Å². The Morgan fingerprint density at radius 2 is 1.79 bits per heavy atom. The summed E-state index contributed by atoms with van der Waals surface area (Å²) in [6.07, 6.45) is 7.21. The van der Waals surface area contributed by atoms with Crippen LogP contribution in [0.15, 0.2) is 34.9 Å². The molecule has 5 rings (SSSR count). The standard InChI is InChI=1S/C26H37N5O3/c1-26(25(33)27-20-7-4-3-5-8-20)19-30-21(23-9-6-18-34-23)10-11-22(30)24(32)31(26)17-16-29-14-12-28(2)13-15-29/h6,9-11,18,20H,3-5,7-8,12-17,19H2,1-2H3,(H,27,33)/t26-/m0/s1.